The van der Waals surface area contributed by atoms with Crippen molar-refractivity contribution in [3.05, 3.63) is 40.8 Å². The number of aryl methyl sites for hydroxylation is 1. The topological polar surface area (TPSA) is 71.5 Å². The van der Waals surface area contributed by atoms with Crippen LogP contribution in [-0.4, -0.2) is 46.6 Å². The molecule has 1 atom stereocenters. The number of benzene rings is 1. The van der Waals surface area contributed by atoms with E-state index >= 15 is 0 Å². The summed E-state index contributed by atoms with van der Waals surface area (Å²) < 4.78 is 18.8. The summed E-state index contributed by atoms with van der Waals surface area (Å²) in [6.07, 6.45) is 0.289. The van der Waals surface area contributed by atoms with Crippen molar-refractivity contribution >= 4 is 23.3 Å². The number of halogens is 1. The summed E-state index contributed by atoms with van der Waals surface area (Å²) in [5, 5.41) is 3.46. The Morgan fingerprint density at radius 1 is 1.39 bits per heavy atom. The quantitative estimate of drug-likeness (QED) is 0.835. The second-order valence-electron chi connectivity index (χ2n) is 7.74. The predicted molar refractivity (Wildman–Crippen MR) is 106 cm³/mol. The van der Waals surface area contributed by atoms with Gasteiger partial charge in [0.1, 0.15) is 17.1 Å². The van der Waals surface area contributed by atoms with Crippen LogP contribution in [0.5, 0.6) is 0 Å². The van der Waals surface area contributed by atoms with Crippen molar-refractivity contribution in [2.75, 3.05) is 13.1 Å². The summed E-state index contributed by atoms with van der Waals surface area (Å²) in [4.78, 5) is 31.6. The van der Waals surface area contributed by atoms with Crippen LogP contribution in [0.2, 0.25) is 0 Å². The molecule has 0 radical (unpaired) electrons. The first kappa shape index (κ1) is 20.3. The Labute approximate surface area is 167 Å². The number of thiazole rings is 1. The molecular weight excluding hydrogens is 381 g/mol. The number of nitrogens with zero attached hydrogens (tertiary/aromatic N) is 2. The number of hydrogen-bond acceptors (Lipinski definition) is 5. The number of aromatic nitrogens is 1. The Balaban J connectivity index is 1.70. The molecule has 0 aliphatic carbocycles. The Bertz CT molecular complexity index is 891. The largest absolute Gasteiger partial charge is 0.444 e. The monoisotopic (exact) mass is 405 g/mol. The zero-order valence-corrected chi connectivity index (χ0v) is 17.2. The van der Waals surface area contributed by atoms with Gasteiger partial charge in [-0.05, 0) is 51.8 Å². The number of hydrogen-bond donors (Lipinski definition) is 1. The Kier molecular flexibility index (Phi) is 5.69. The van der Waals surface area contributed by atoms with Gasteiger partial charge in [0.15, 0.2) is 0 Å². The summed E-state index contributed by atoms with van der Waals surface area (Å²) in [6.45, 7) is 8.12. The highest BCUT2D eigenvalue weighted by atomic mass is 32.1. The van der Waals surface area contributed by atoms with Crippen molar-refractivity contribution < 1.29 is 18.7 Å². The average molecular weight is 405 g/mol. The van der Waals surface area contributed by atoms with Gasteiger partial charge in [-0.15, -0.1) is 11.3 Å². The summed E-state index contributed by atoms with van der Waals surface area (Å²) in [5.41, 5.74) is 0.393. The normalized spacial score (nSPS) is 16.5. The average Bonchev–Trinajstić information content (AvgIpc) is 2.94. The van der Waals surface area contributed by atoms with Crippen molar-refractivity contribution in [2.45, 2.75) is 45.8 Å². The molecule has 1 saturated heterocycles. The molecule has 2 aromatic rings. The first-order valence-corrected chi connectivity index (χ1v) is 9.97. The molecule has 28 heavy (non-hydrogen) atoms. The molecule has 150 valence electrons. The second kappa shape index (κ2) is 7.87. The highest BCUT2D eigenvalue weighted by Crippen LogP contribution is 2.33. The van der Waals surface area contributed by atoms with Gasteiger partial charge in [0, 0.05) is 13.1 Å². The highest BCUT2D eigenvalue weighted by molar-refractivity contribution is 7.15. The highest BCUT2D eigenvalue weighted by Gasteiger charge is 2.35. The molecule has 6 nitrogen and oxygen atoms in total. The minimum atomic E-state index is -0.572. The van der Waals surface area contributed by atoms with Crippen LogP contribution in [0.25, 0.3) is 10.4 Å². The van der Waals surface area contributed by atoms with Crippen LogP contribution >= 0.6 is 11.3 Å². The van der Waals surface area contributed by atoms with Gasteiger partial charge in [-0.25, -0.2) is 14.2 Å². The molecule has 0 spiro atoms. The van der Waals surface area contributed by atoms with Crippen LogP contribution in [-0.2, 0) is 4.74 Å². The van der Waals surface area contributed by atoms with Gasteiger partial charge < -0.3 is 15.0 Å². The standard InChI is InChI=1S/C20H24FN3O3S/c1-12-23-16(17(28-12)13-6-5-7-14(21)10-13)18(25)24-9-8-15(24)11-22-19(26)27-20(2,3)4/h5-7,10,15H,8-9,11H2,1-4H3,(H,22,26). The summed E-state index contributed by atoms with van der Waals surface area (Å²) in [5.74, 6) is -0.559. The molecule has 3 rings (SSSR count). The van der Waals surface area contributed by atoms with Crippen molar-refractivity contribution in [1.29, 1.82) is 0 Å². The fourth-order valence-electron chi connectivity index (χ4n) is 2.97. The molecule has 2 amide bonds. The Morgan fingerprint density at radius 2 is 2.14 bits per heavy atom. The van der Waals surface area contributed by atoms with Gasteiger partial charge in [-0.2, -0.15) is 0 Å². The molecule has 1 aliphatic rings. The third kappa shape index (κ3) is 4.67. The van der Waals surface area contributed by atoms with Crippen LogP contribution < -0.4 is 5.32 Å². The van der Waals surface area contributed by atoms with Crippen molar-refractivity contribution in [3.8, 4) is 10.4 Å². The van der Waals surface area contributed by atoms with Crippen LogP contribution in [0.1, 0.15) is 42.7 Å². The smallest absolute Gasteiger partial charge is 0.407 e. The molecule has 0 bridgehead atoms. The lowest BCUT2D eigenvalue weighted by Gasteiger charge is -2.40. The fraction of sp³-hybridized carbons (Fsp3) is 0.450. The minimum Gasteiger partial charge on any atom is -0.444 e. The molecule has 1 aliphatic heterocycles. The molecule has 1 aromatic carbocycles. The SMILES string of the molecule is Cc1nc(C(=O)N2CCC2CNC(=O)OC(C)(C)C)c(-c2cccc(F)c2)s1. The zero-order chi connectivity index (χ0) is 20.5. The maximum absolute atomic E-state index is 13.6. The zero-order valence-electron chi connectivity index (χ0n) is 16.4. The molecule has 1 aromatic heterocycles. The number of ether oxygens (including phenoxy) is 1. The van der Waals surface area contributed by atoms with Crippen LogP contribution in [0, 0.1) is 12.7 Å². The third-order valence-electron chi connectivity index (χ3n) is 4.31. The molecule has 0 saturated carbocycles. The van der Waals surface area contributed by atoms with Gasteiger partial charge >= 0.3 is 6.09 Å². The van der Waals surface area contributed by atoms with Crippen LogP contribution in [0.4, 0.5) is 9.18 Å². The van der Waals surface area contributed by atoms with Gasteiger partial charge in [0.25, 0.3) is 5.91 Å². The first-order chi connectivity index (χ1) is 13.1. The van der Waals surface area contributed by atoms with Gasteiger partial charge in [0.05, 0.1) is 15.9 Å². The summed E-state index contributed by atoms with van der Waals surface area (Å²) in [7, 11) is 0. The molecule has 8 heteroatoms. The van der Waals surface area contributed by atoms with Crippen molar-refractivity contribution in [1.82, 2.24) is 15.2 Å². The van der Waals surface area contributed by atoms with Gasteiger partial charge in [-0.3, -0.25) is 4.79 Å². The number of carbonyl (C=O) groups is 2. The number of likely N-dealkylation sites (tertiary alicyclic amines) is 1. The Hall–Kier alpha value is -2.48. The number of alkyl carbamates (subject to hydrolysis) is 1. The van der Waals surface area contributed by atoms with Gasteiger partial charge in [-0.1, -0.05) is 12.1 Å². The molecule has 1 fully saturated rings. The summed E-state index contributed by atoms with van der Waals surface area (Å²) in [6, 6.07) is 6.05. The Morgan fingerprint density at radius 3 is 2.75 bits per heavy atom. The first-order valence-electron chi connectivity index (χ1n) is 9.15. The van der Waals surface area contributed by atoms with E-state index in [0.29, 0.717) is 29.2 Å². The number of rotatable bonds is 4. The van der Waals surface area contributed by atoms with E-state index in [-0.39, 0.29) is 17.8 Å². The molecule has 2 heterocycles. The second-order valence-corrected chi connectivity index (χ2v) is 8.95. The van der Waals surface area contributed by atoms with E-state index in [9.17, 15) is 14.0 Å². The molecule has 1 N–H and O–H groups in total. The maximum atomic E-state index is 13.6. The lowest BCUT2D eigenvalue weighted by molar-refractivity contribution is 0.0371. The van der Waals surface area contributed by atoms with E-state index in [2.05, 4.69) is 10.3 Å². The van der Waals surface area contributed by atoms with E-state index in [1.54, 1.807) is 37.8 Å². The van der Waals surface area contributed by atoms with Crippen molar-refractivity contribution in [3.63, 3.8) is 0 Å². The van der Waals surface area contributed by atoms with E-state index in [1.807, 2.05) is 6.92 Å². The summed E-state index contributed by atoms with van der Waals surface area (Å²) >= 11 is 1.37. The maximum Gasteiger partial charge on any atom is 0.407 e. The van der Waals surface area contributed by atoms with Gasteiger partial charge in [0.2, 0.25) is 0 Å². The number of nitrogens with one attached hydrogen (secondary N) is 1. The van der Waals surface area contributed by atoms with E-state index in [0.717, 1.165) is 11.4 Å². The lowest BCUT2D eigenvalue weighted by Crippen LogP contribution is -2.56. The van der Waals surface area contributed by atoms with Crippen LogP contribution in [0.3, 0.4) is 0 Å². The minimum absolute atomic E-state index is 0.109. The van der Waals surface area contributed by atoms with E-state index in [1.165, 1.54) is 23.5 Å². The third-order valence-corrected chi connectivity index (χ3v) is 5.33. The van der Waals surface area contributed by atoms with Crippen molar-refractivity contribution in [2.24, 2.45) is 0 Å². The predicted octanol–water partition coefficient (Wildman–Crippen LogP) is 4.00. The lowest BCUT2D eigenvalue weighted by atomic mass is 10.0. The molecular formula is C20H24FN3O3S. The van der Waals surface area contributed by atoms with E-state index < -0.39 is 11.7 Å². The number of carbonyl (C=O) groups excluding carboxylic acids is 2. The van der Waals surface area contributed by atoms with Crippen LogP contribution in [0.15, 0.2) is 24.3 Å². The number of amides is 2. The fourth-order valence-corrected chi connectivity index (χ4v) is 3.88. The molecule has 1 unspecified atom stereocenters. The van der Waals surface area contributed by atoms with E-state index in [4.69, 9.17) is 4.74 Å².